The lowest BCUT2D eigenvalue weighted by Crippen LogP contribution is -2.01. The van der Waals surface area contributed by atoms with Crippen molar-refractivity contribution in [2.45, 2.75) is 20.8 Å². The van der Waals surface area contributed by atoms with Gasteiger partial charge in [-0.15, -0.1) is 0 Å². The second kappa shape index (κ2) is 17.2. The van der Waals surface area contributed by atoms with Crippen molar-refractivity contribution in [1.29, 1.82) is 0 Å². The van der Waals surface area contributed by atoms with E-state index in [1.807, 2.05) is 13.8 Å². The van der Waals surface area contributed by atoms with E-state index in [2.05, 4.69) is 4.18 Å². The van der Waals surface area contributed by atoms with Crippen LogP contribution in [0.5, 0.6) is 0 Å². The van der Waals surface area contributed by atoms with Crippen molar-refractivity contribution in [3.63, 3.8) is 0 Å². The van der Waals surface area contributed by atoms with Gasteiger partial charge in [0.25, 0.3) is 0 Å². The SMILES string of the molecule is CCOCC.CCOS(=O)(=O)O.OCCO. The zero-order valence-corrected chi connectivity index (χ0v) is 10.7. The predicted octanol–water partition coefficient (Wildman–Crippen LogP) is -0.160. The van der Waals surface area contributed by atoms with E-state index < -0.39 is 10.4 Å². The highest BCUT2D eigenvalue weighted by molar-refractivity contribution is 7.80. The molecule has 0 fully saturated rings. The third kappa shape index (κ3) is 49.1. The van der Waals surface area contributed by atoms with Crippen molar-refractivity contribution >= 4 is 10.4 Å². The summed E-state index contributed by atoms with van der Waals surface area (Å²) in [5.41, 5.74) is 0. The van der Waals surface area contributed by atoms with Gasteiger partial charge in [0.05, 0.1) is 19.8 Å². The normalized spacial score (nSPS) is 9.62. The summed E-state index contributed by atoms with van der Waals surface area (Å²) < 4.78 is 35.5. The molecule has 0 atom stereocenters. The number of rotatable bonds is 5. The molecule has 102 valence electrons. The maximum absolute atomic E-state index is 9.56. The first-order valence-electron chi connectivity index (χ1n) is 4.80. The fourth-order valence-electron chi connectivity index (χ4n) is 0.353. The average Bonchev–Trinajstić information content (AvgIpc) is 2.18. The lowest BCUT2D eigenvalue weighted by molar-refractivity contribution is 0.162. The maximum Gasteiger partial charge on any atom is 0.397 e. The molecule has 16 heavy (non-hydrogen) atoms. The molecule has 3 N–H and O–H groups in total. The Hall–Kier alpha value is -0.250. The first kappa shape index (κ1) is 21.1. The summed E-state index contributed by atoms with van der Waals surface area (Å²) in [6.45, 7) is 6.85. The summed E-state index contributed by atoms with van der Waals surface area (Å²) in [6.07, 6.45) is 0. The molecule has 0 unspecified atom stereocenters. The molecule has 0 rings (SSSR count). The number of aliphatic hydroxyl groups excluding tert-OH is 2. The zero-order valence-electron chi connectivity index (χ0n) is 9.92. The molecule has 0 spiro atoms. The van der Waals surface area contributed by atoms with Crippen molar-refractivity contribution in [1.82, 2.24) is 0 Å². The van der Waals surface area contributed by atoms with E-state index in [4.69, 9.17) is 19.5 Å². The van der Waals surface area contributed by atoms with Crippen LogP contribution in [0.4, 0.5) is 0 Å². The summed E-state index contributed by atoms with van der Waals surface area (Å²) in [5.74, 6) is 0. The molecule has 0 aromatic heterocycles. The third-order valence-corrected chi connectivity index (χ3v) is 1.31. The summed E-state index contributed by atoms with van der Waals surface area (Å²) in [7, 11) is -4.17. The molecule has 0 amide bonds. The molecule has 0 heterocycles. The van der Waals surface area contributed by atoms with Crippen molar-refractivity contribution in [3.05, 3.63) is 0 Å². The van der Waals surface area contributed by atoms with Crippen molar-refractivity contribution in [2.24, 2.45) is 0 Å². The van der Waals surface area contributed by atoms with Gasteiger partial charge < -0.3 is 14.9 Å². The Morgan fingerprint density at radius 1 is 0.938 bits per heavy atom. The predicted molar refractivity (Wildman–Crippen MR) is 59.5 cm³/mol. The average molecular weight is 262 g/mol. The number of hydrogen-bond acceptors (Lipinski definition) is 6. The lowest BCUT2D eigenvalue weighted by Gasteiger charge is -1.88. The monoisotopic (exact) mass is 262 g/mol. The van der Waals surface area contributed by atoms with Crippen LogP contribution in [0.3, 0.4) is 0 Å². The lowest BCUT2D eigenvalue weighted by atomic mass is 10.8. The minimum Gasteiger partial charge on any atom is -0.394 e. The van der Waals surface area contributed by atoms with Gasteiger partial charge in [0.1, 0.15) is 0 Å². The van der Waals surface area contributed by atoms with Gasteiger partial charge in [-0.3, -0.25) is 4.55 Å². The van der Waals surface area contributed by atoms with Crippen molar-refractivity contribution in [2.75, 3.05) is 33.0 Å². The molecule has 0 saturated heterocycles. The van der Waals surface area contributed by atoms with Crippen LogP contribution in [0, 0.1) is 0 Å². The van der Waals surface area contributed by atoms with E-state index in [1.54, 1.807) is 0 Å². The molecular weight excluding hydrogens is 240 g/mol. The minimum absolute atomic E-state index is 0.0289. The van der Waals surface area contributed by atoms with E-state index in [0.717, 1.165) is 13.2 Å². The Kier molecular flexibility index (Phi) is 22.6. The van der Waals surface area contributed by atoms with Gasteiger partial charge in [-0.25, -0.2) is 4.18 Å². The molecule has 7 nitrogen and oxygen atoms in total. The van der Waals surface area contributed by atoms with Gasteiger partial charge in [-0.2, -0.15) is 8.42 Å². The third-order valence-electron chi connectivity index (χ3n) is 0.775. The van der Waals surface area contributed by atoms with Crippen LogP contribution < -0.4 is 0 Å². The van der Waals surface area contributed by atoms with Gasteiger partial charge in [0, 0.05) is 13.2 Å². The van der Waals surface area contributed by atoms with E-state index in [0.29, 0.717) is 0 Å². The highest BCUT2D eigenvalue weighted by Gasteiger charge is 1.98. The van der Waals surface area contributed by atoms with E-state index in [1.165, 1.54) is 6.92 Å². The van der Waals surface area contributed by atoms with Gasteiger partial charge in [0.15, 0.2) is 0 Å². The van der Waals surface area contributed by atoms with Crippen LogP contribution in [0.2, 0.25) is 0 Å². The van der Waals surface area contributed by atoms with Crippen LogP contribution in [0.25, 0.3) is 0 Å². The first-order chi connectivity index (χ1) is 7.39. The Balaban J connectivity index is -0.000000166. The number of hydrogen-bond donors (Lipinski definition) is 3. The Bertz CT molecular complexity index is 187. The molecule has 0 aromatic carbocycles. The Labute approximate surface area is 97.0 Å². The minimum atomic E-state index is -4.17. The summed E-state index contributed by atoms with van der Waals surface area (Å²) in [5, 5.41) is 15.2. The van der Waals surface area contributed by atoms with Crippen LogP contribution in [0.1, 0.15) is 20.8 Å². The molecule has 0 saturated carbocycles. The fraction of sp³-hybridized carbons (Fsp3) is 1.00. The standard InChI is InChI=1S/C4H10O.C2H6O4S.C2H6O2/c1-3-5-4-2;1-2-6-7(3,4)5;3-1-2-4/h3-4H2,1-2H3;2H2,1H3,(H,3,4,5);3-4H,1-2H2. The molecule has 0 bridgehead atoms. The topological polar surface area (TPSA) is 113 Å². The van der Waals surface area contributed by atoms with Crippen LogP contribution in [-0.4, -0.2) is 56.2 Å². The van der Waals surface area contributed by atoms with Crippen LogP contribution in [0.15, 0.2) is 0 Å². The quantitative estimate of drug-likeness (QED) is 0.590. The Morgan fingerprint density at radius 3 is 1.31 bits per heavy atom. The molecule has 0 aliphatic carbocycles. The summed E-state index contributed by atoms with van der Waals surface area (Å²) in [6, 6.07) is 0. The highest BCUT2D eigenvalue weighted by atomic mass is 32.3. The van der Waals surface area contributed by atoms with E-state index in [9.17, 15) is 8.42 Å². The first-order valence-corrected chi connectivity index (χ1v) is 6.17. The molecule has 0 aliphatic rings. The molecule has 0 radical (unpaired) electrons. The summed E-state index contributed by atoms with van der Waals surface area (Å²) in [4.78, 5) is 0. The van der Waals surface area contributed by atoms with E-state index in [-0.39, 0.29) is 19.8 Å². The van der Waals surface area contributed by atoms with Gasteiger partial charge in [0.2, 0.25) is 0 Å². The molecule has 0 aliphatic heterocycles. The molecule has 0 aromatic rings. The summed E-state index contributed by atoms with van der Waals surface area (Å²) >= 11 is 0. The van der Waals surface area contributed by atoms with Gasteiger partial charge in [-0.05, 0) is 20.8 Å². The van der Waals surface area contributed by atoms with Crippen LogP contribution >= 0.6 is 0 Å². The number of aliphatic hydroxyl groups is 2. The maximum atomic E-state index is 9.56. The second-order valence-electron chi connectivity index (χ2n) is 2.06. The highest BCUT2D eigenvalue weighted by Crippen LogP contribution is 1.81. The Morgan fingerprint density at radius 2 is 1.31 bits per heavy atom. The molecule has 8 heteroatoms. The van der Waals surface area contributed by atoms with Crippen LogP contribution in [-0.2, 0) is 19.3 Å². The zero-order chi connectivity index (χ0) is 13.4. The van der Waals surface area contributed by atoms with E-state index >= 15 is 0 Å². The fourth-order valence-corrected chi connectivity index (χ4v) is 0.651. The molecular formula is C8H22O7S. The van der Waals surface area contributed by atoms with Crippen molar-refractivity contribution in [3.8, 4) is 0 Å². The number of ether oxygens (including phenoxy) is 1. The second-order valence-corrected chi connectivity index (χ2v) is 3.15. The van der Waals surface area contributed by atoms with Gasteiger partial charge in [-0.1, -0.05) is 0 Å². The van der Waals surface area contributed by atoms with Crippen molar-refractivity contribution < 1.29 is 32.1 Å². The van der Waals surface area contributed by atoms with Gasteiger partial charge >= 0.3 is 10.4 Å². The smallest absolute Gasteiger partial charge is 0.394 e. The largest absolute Gasteiger partial charge is 0.397 e.